The van der Waals surface area contributed by atoms with E-state index < -0.39 is 0 Å². The predicted molar refractivity (Wildman–Crippen MR) is 119 cm³/mol. The Morgan fingerprint density at radius 3 is 2.62 bits per heavy atom. The molecule has 148 valence electrons. The third-order valence-electron chi connectivity index (χ3n) is 5.14. The van der Waals surface area contributed by atoms with Crippen LogP contribution in [0.3, 0.4) is 0 Å². The minimum absolute atomic E-state index is 0.295. The number of anilines is 1. The number of benzene rings is 3. The lowest BCUT2D eigenvalue weighted by Gasteiger charge is -2.20. The van der Waals surface area contributed by atoms with E-state index in [4.69, 9.17) is 27.9 Å². The van der Waals surface area contributed by atoms with Gasteiger partial charge in [-0.1, -0.05) is 53.5 Å². The number of hydrogen-bond donors (Lipinski definition) is 0. The molecule has 29 heavy (non-hydrogen) atoms. The number of carbonyl (C=O) groups is 1. The first-order valence-corrected chi connectivity index (χ1v) is 10.4. The molecule has 3 aromatic rings. The highest BCUT2D eigenvalue weighted by molar-refractivity contribution is 6.42. The van der Waals surface area contributed by atoms with Crippen LogP contribution in [0.5, 0.6) is 0 Å². The molecule has 0 bridgehead atoms. The second-order valence-corrected chi connectivity index (χ2v) is 7.88. The van der Waals surface area contributed by atoms with Crippen LogP contribution in [0, 0.1) is 0 Å². The molecule has 0 amide bonds. The summed E-state index contributed by atoms with van der Waals surface area (Å²) in [5, 5.41) is 1.15. The number of hydrogen-bond acceptors (Lipinski definition) is 3. The molecule has 0 radical (unpaired) electrons. The van der Waals surface area contributed by atoms with Gasteiger partial charge in [0, 0.05) is 18.8 Å². The zero-order chi connectivity index (χ0) is 20.4. The van der Waals surface area contributed by atoms with E-state index in [1.54, 1.807) is 6.07 Å². The molecular formula is C24H21Cl2NO2. The summed E-state index contributed by atoms with van der Waals surface area (Å²) in [7, 11) is 0. The van der Waals surface area contributed by atoms with Gasteiger partial charge in [-0.3, -0.25) is 0 Å². The second kappa shape index (κ2) is 8.48. The van der Waals surface area contributed by atoms with Gasteiger partial charge in [0.25, 0.3) is 0 Å². The molecule has 0 spiro atoms. The first-order chi connectivity index (χ1) is 14.0. The van der Waals surface area contributed by atoms with E-state index in [2.05, 4.69) is 23.1 Å². The summed E-state index contributed by atoms with van der Waals surface area (Å²) < 4.78 is 5.13. The Labute approximate surface area is 180 Å². The zero-order valence-corrected chi connectivity index (χ0v) is 17.6. The minimum atomic E-state index is -0.295. The Hall–Kier alpha value is -2.49. The number of carbonyl (C=O) groups excluding carboxylic acids is 1. The van der Waals surface area contributed by atoms with Gasteiger partial charge in [-0.25, -0.2) is 4.79 Å². The monoisotopic (exact) mass is 425 g/mol. The second-order valence-electron chi connectivity index (χ2n) is 7.06. The van der Waals surface area contributed by atoms with Crippen LogP contribution in [0.1, 0.15) is 28.4 Å². The van der Waals surface area contributed by atoms with Crippen LogP contribution >= 0.6 is 23.2 Å². The van der Waals surface area contributed by atoms with Gasteiger partial charge in [0.1, 0.15) is 0 Å². The lowest BCUT2D eigenvalue weighted by Crippen LogP contribution is -2.19. The van der Waals surface area contributed by atoms with E-state index in [0.29, 0.717) is 22.2 Å². The van der Waals surface area contributed by atoms with E-state index in [9.17, 15) is 4.79 Å². The molecule has 0 N–H and O–H groups in total. The molecule has 3 aromatic carbocycles. The maximum absolute atomic E-state index is 12.1. The Bertz CT molecular complexity index is 1060. The highest BCUT2D eigenvalue weighted by Crippen LogP contribution is 2.34. The number of esters is 1. The molecule has 1 aliphatic rings. The highest BCUT2D eigenvalue weighted by atomic mass is 35.5. The number of ether oxygens (including phenoxy) is 1. The van der Waals surface area contributed by atoms with E-state index in [0.717, 1.165) is 36.2 Å². The number of halogens is 2. The predicted octanol–water partition coefficient (Wildman–Crippen LogP) is 6.40. The van der Waals surface area contributed by atoms with Crippen molar-refractivity contribution in [2.24, 2.45) is 0 Å². The molecule has 0 aromatic heterocycles. The lowest BCUT2D eigenvalue weighted by molar-refractivity contribution is 0.0526. The van der Waals surface area contributed by atoms with Crippen LogP contribution < -0.4 is 4.90 Å². The first kappa shape index (κ1) is 19.8. The molecule has 0 saturated heterocycles. The largest absolute Gasteiger partial charge is 0.462 e. The van der Waals surface area contributed by atoms with Gasteiger partial charge in [-0.05, 0) is 65.9 Å². The third kappa shape index (κ3) is 4.26. The summed E-state index contributed by atoms with van der Waals surface area (Å²) in [4.78, 5) is 14.4. The molecule has 0 fully saturated rings. The topological polar surface area (TPSA) is 29.5 Å². The van der Waals surface area contributed by atoms with E-state index >= 15 is 0 Å². The van der Waals surface area contributed by atoms with Crippen molar-refractivity contribution in [2.45, 2.75) is 19.9 Å². The maximum Gasteiger partial charge on any atom is 0.338 e. The molecule has 0 unspecified atom stereocenters. The van der Waals surface area contributed by atoms with Crippen LogP contribution in [-0.2, 0) is 17.7 Å². The fourth-order valence-corrected chi connectivity index (χ4v) is 4.01. The fraction of sp³-hybridized carbons (Fsp3) is 0.208. The number of fused-ring (bicyclic) bond motifs is 1. The van der Waals surface area contributed by atoms with E-state index in [-0.39, 0.29) is 5.97 Å². The van der Waals surface area contributed by atoms with Crippen molar-refractivity contribution >= 4 is 34.9 Å². The van der Waals surface area contributed by atoms with Crippen LogP contribution in [0.4, 0.5) is 5.69 Å². The molecule has 3 nitrogen and oxygen atoms in total. The van der Waals surface area contributed by atoms with Crippen molar-refractivity contribution < 1.29 is 9.53 Å². The van der Waals surface area contributed by atoms with Gasteiger partial charge < -0.3 is 9.64 Å². The van der Waals surface area contributed by atoms with Crippen molar-refractivity contribution in [3.05, 3.63) is 87.4 Å². The number of rotatable bonds is 5. The first-order valence-electron chi connectivity index (χ1n) is 9.64. The van der Waals surface area contributed by atoms with Crippen LogP contribution in [0.2, 0.25) is 10.0 Å². The normalized spacial score (nSPS) is 12.7. The molecule has 0 saturated carbocycles. The summed E-state index contributed by atoms with van der Waals surface area (Å²) in [6.07, 6.45) is 1.01. The molecule has 5 heteroatoms. The van der Waals surface area contributed by atoms with Gasteiger partial charge >= 0.3 is 5.97 Å². The maximum atomic E-state index is 12.1. The summed E-state index contributed by atoms with van der Waals surface area (Å²) >= 11 is 12.2. The molecule has 0 atom stereocenters. The van der Waals surface area contributed by atoms with Crippen LogP contribution in [0.15, 0.2) is 60.7 Å². The molecule has 0 aliphatic carbocycles. The minimum Gasteiger partial charge on any atom is -0.462 e. The van der Waals surface area contributed by atoms with Crippen molar-refractivity contribution in [3.8, 4) is 11.1 Å². The SMILES string of the molecule is CCOC(=O)c1cccc(-c2ccc3c(c2)N(Cc2ccc(Cl)c(Cl)c2)CC3)c1. The van der Waals surface area contributed by atoms with Gasteiger partial charge in [0.15, 0.2) is 0 Å². The quantitative estimate of drug-likeness (QED) is 0.442. The highest BCUT2D eigenvalue weighted by Gasteiger charge is 2.20. The van der Waals surface area contributed by atoms with Gasteiger partial charge in [-0.15, -0.1) is 0 Å². The molecule has 1 aliphatic heterocycles. The van der Waals surface area contributed by atoms with Gasteiger partial charge in [0.2, 0.25) is 0 Å². The average molecular weight is 426 g/mol. The van der Waals surface area contributed by atoms with Crippen LogP contribution in [-0.4, -0.2) is 19.1 Å². The van der Waals surface area contributed by atoms with E-state index in [1.165, 1.54) is 11.3 Å². The van der Waals surface area contributed by atoms with Crippen molar-refractivity contribution in [1.29, 1.82) is 0 Å². The summed E-state index contributed by atoms with van der Waals surface area (Å²) in [6.45, 7) is 3.91. The Balaban J connectivity index is 1.61. The summed E-state index contributed by atoms with van der Waals surface area (Å²) in [5.74, 6) is -0.295. The summed E-state index contributed by atoms with van der Waals surface area (Å²) in [6, 6.07) is 19.8. The van der Waals surface area contributed by atoms with Crippen molar-refractivity contribution in [2.75, 3.05) is 18.1 Å². The van der Waals surface area contributed by atoms with Crippen LogP contribution in [0.25, 0.3) is 11.1 Å². The molecule has 4 rings (SSSR count). The van der Waals surface area contributed by atoms with Gasteiger partial charge in [0.05, 0.1) is 22.2 Å². The van der Waals surface area contributed by atoms with Crippen molar-refractivity contribution in [3.63, 3.8) is 0 Å². The number of nitrogens with zero attached hydrogens (tertiary/aromatic N) is 1. The zero-order valence-electron chi connectivity index (χ0n) is 16.1. The van der Waals surface area contributed by atoms with Gasteiger partial charge in [-0.2, -0.15) is 0 Å². The smallest absolute Gasteiger partial charge is 0.338 e. The Morgan fingerprint density at radius 1 is 1.00 bits per heavy atom. The fourth-order valence-electron chi connectivity index (χ4n) is 3.69. The molecular weight excluding hydrogens is 405 g/mol. The lowest BCUT2D eigenvalue weighted by atomic mass is 10.0. The Kier molecular flexibility index (Phi) is 5.79. The average Bonchev–Trinajstić information content (AvgIpc) is 3.13. The van der Waals surface area contributed by atoms with Crippen molar-refractivity contribution in [1.82, 2.24) is 0 Å². The molecule has 1 heterocycles. The third-order valence-corrected chi connectivity index (χ3v) is 5.88. The van der Waals surface area contributed by atoms with E-state index in [1.807, 2.05) is 43.3 Å². The standard InChI is InChI=1S/C24H21Cl2NO2/c1-2-29-24(28)20-5-3-4-18(13-20)19-8-7-17-10-11-27(23(17)14-19)15-16-6-9-21(25)22(26)12-16/h3-9,12-14H,2,10-11,15H2,1H3. The summed E-state index contributed by atoms with van der Waals surface area (Å²) in [5.41, 5.74) is 6.32. The Morgan fingerprint density at radius 2 is 1.83 bits per heavy atom.